The zero-order chi connectivity index (χ0) is 27.2. The molecule has 1 aromatic heterocycles. The van der Waals surface area contributed by atoms with Crippen LogP contribution in [0.15, 0.2) is 77.2 Å². The van der Waals surface area contributed by atoms with Crippen molar-refractivity contribution in [2.24, 2.45) is 0 Å². The quantitative estimate of drug-likeness (QED) is 0.321. The lowest BCUT2D eigenvalue weighted by molar-refractivity contribution is -0.123. The van der Waals surface area contributed by atoms with Crippen molar-refractivity contribution in [2.75, 3.05) is 45.9 Å². The van der Waals surface area contributed by atoms with Crippen LogP contribution in [0, 0.1) is 5.82 Å². The average Bonchev–Trinajstić information content (AvgIpc) is 3.37. The number of aliphatic hydroxyl groups excluding tert-OH is 1. The number of hydrogen-bond donors (Lipinski definition) is 2. The van der Waals surface area contributed by atoms with Gasteiger partial charge in [-0.15, -0.1) is 0 Å². The van der Waals surface area contributed by atoms with E-state index in [-0.39, 0.29) is 24.4 Å². The first-order valence-electron chi connectivity index (χ1n) is 13.2. The summed E-state index contributed by atoms with van der Waals surface area (Å²) in [5, 5.41) is 13.5. The number of piperazine rings is 1. The number of amides is 1. The fraction of sp³-hybridized carbons (Fsp3) is 0.333. The average molecular weight is 533 g/mol. The highest BCUT2D eigenvalue weighted by Crippen LogP contribution is 2.27. The number of fused-ring (bicyclic) bond motifs is 1. The molecule has 0 saturated carbocycles. The number of carbonyl (C=O) groups excluding carboxylic acids is 1. The first-order valence-corrected chi connectivity index (χ1v) is 13.2. The lowest BCUT2D eigenvalue weighted by Crippen LogP contribution is -2.51. The van der Waals surface area contributed by atoms with Crippen LogP contribution in [0.4, 0.5) is 4.39 Å². The number of nitrogens with one attached hydrogen (secondary N) is 1. The Morgan fingerprint density at radius 2 is 1.77 bits per heavy atom. The Morgan fingerprint density at radius 1 is 1.05 bits per heavy atom. The summed E-state index contributed by atoms with van der Waals surface area (Å²) in [5.41, 5.74) is 3.15. The van der Waals surface area contributed by atoms with E-state index in [1.54, 1.807) is 12.1 Å². The number of oxazole rings is 1. The van der Waals surface area contributed by atoms with E-state index < -0.39 is 6.10 Å². The van der Waals surface area contributed by atoms with Crippen LogP contribution in [-0.2, 0) is 4.79 Å². The third-order valence-electron chi connectivity index (χ3n) is 6.87. The Morgan fingerprint density at radius 3 is 2.51 bits per heavy atom. The maximum Gasteiger partial charge on any atom is 0.234 e. The molecule has 9 heteroatoms. The molecule has 1 amide bonds. The molecule has 204 valence electrons. The molecule has 0 radical (unpaired) electrons. The number of β-amino-alcohol motifs (C(OH)–C–C–N with tert-alkyl or cyclic N) is 1. The number of carbonyl (C=O) groups is 1. The molecule has 3 aromatic carbocycles. The summed E-state index contributed by atoms with van der Waals surface area (Å²) in [4.78, 5) is 21.3. The lowest BCUT2D eigenvalue weighted by Gasteiger charge is -2.35. The highest BCUT2D eigenvalue weighted by atomic mass is 19.1. The standard InChI is InChI=1S/C30H33FN4O4/c1-21(22-7-9-24(31)10-8-22)32-29(37)19-35-15-13-34(14-16-35)18-25(36)20-38-26-11-12-28-27(17-26)33-30(39-28)23-5-3-2-4-6-23/h2-12,17,21,25,36H,13-16,18-20H2,1H3,(H,32,37). The smallest absolute Gasteiger partial charge is 0.234 e. The maximum atomic E-state index is 13.1. The highest BCUT2D eigenvalue weighted by Gasteiger charge is 2.22. The van der Waals surface area contributed by atoms with E-state index >= 15 is 0 Å². The van der Waals surface area contributed by atoms with Crippen LogP contribution in [0.25, 0.3) is 22.6 Å². The maximum absolute atomic E-state index is 13.1. The summed E-state index contributed by atoms with van der Waals surface area (Å²) in [6.45, 7) is 5.83. The van der Waals surface area contributed by atoms with E-state index in [2.05, 4.69) is 20.1 Å². The Labute approximate surface area is 227 Å². The molecule has 2 atom stereocenters. The van der Waals surface area contributed by atoms with Crippen molar-refractivity contribution < 1.29 is 23.4 Å². The van der Waals surface area contributed by atoms with Gasteiger partial charge in [0.1, 0.15) is 29.8 Å². The minimum absolute atomic E-state index is 0.0614. The van der Waals surface area contributed by atoms with Gasteiger partial charge in [-0.3, -0.25) is 14.6 Å². The van der Waals surface area contributed by atoms with Gasteiger partial charge >= 0.3 is 0 Å². The Hall–Kier alpha value is -3.79. The highest BCUT2D eigenvalue weighted by molar-refractivity contribution is 5.78. The molecule has 1 aliphatic rings. The number of halogens is 1. The second-order valence-corrected chi connectivity index (χ2v) is 9.90. The van der Waals surface area contributed by atoms with Crippen LogP contribution in [0.2, 0.25) is 0 Å². The molecular weight excluding hydrogens is 499 g/mol. The predicted molar refractivity (Wildman–Crippen MR) is 147 cm³/mol. The van der Waals surface area contributed by atoms with Crippen LogP contribution in [0.5, 0.6) is 5.75 Å². The van der Waals surface area contributed by atoms with Gasteiger partial charge in [-0.25, -0.2) is 9.37 Å². The van der Waals surface area contributed by atoms with Gasteiger partial charge in [0, 0.05) is 44.4 Å². The Balaban J connectivity index is 1.03. The van der Waals surface area contributed by atoms with Crippen LogP contribution < -0.4 is 10.1 Å². The van der Waals surface area contributed by atoms with Crippen molar-refractivity contribution in [3.8, 4) is 17.2 Å². The SMILES string of the molecule is CC(NC(=O)CN1CCN(CC(O)COc2ccc3oc(-c4ccccc4)nc3c2)CC1)c1ccc(F)cc1. The van der Waals surface area contributed by atoms with E-state index in [1.807, 2.05) is 55.5 Å². The molecule has 1 fully saturated rings. The van der Waals surface area contributed by atoms with Crippen LogP contribution in [0.3, 0.4) is 0 Å². The minimum atomic E-state index is -0.649. The summed E-state index contributed by atoms with van der Waals surface area (Å²) in [5.74, 6) is 0.827. The second kappa shape index (κ2) is 12.4. The first-order chi connectivity index (χ1) is 18.9. The van der Waals surface area contributed by atoms with Gasteiger partial charge in [0.05, 0.1) is 12.6 Å². The zero-order valence-electron chi connectivity index (χ0n) is 21.9. The Bertz CT molecular complexity index is 1370. The number of aliphatic hydroxyl groups is 1. The monoisotopic (exact) mass is 532 g/mol. The molecule has 2 N–H and O–H groups in total. The van der Waals surface area contributed by atoms with E-state index in [0.717, 1.165) is 37.3 Å². The largest absolute Gasteiger partial charge is 0.491 e. The van der Waals surface area contributed by atoms with Gasteiger partial charge in [0.15, 0.2) is 5.58 Å². The fourth-order valence-electron chi connectivity index (χ4n) is 4.70. The molecule has 4 aromatic rings. The van der Waals surface area contributed by atoms with E-state index in [0.29, 0.717) is 35.8 Å². The molecular formula is C30H33FN4O4. The first kappa shape index (κ1) is 26.8. The van der Waals surface area contributed by atoms with Crippen molar-refractivity contribution in [1.29, 1.82) is 0 Å². The number of ether oxygens (including phenoxy) is 1. The number of rotatable bonds is 10. The van der Waals surface area contributed by atoms with Gasteiger partial charge in [-0.2, -0.15) is 0 Å². The van der Waals surface area contributed by atoms with E-state index in [4.69, 9.17) is 9.15 Å². The molecule has 0 spiro atoms. The molecule has 0 bridgehead atoms. The third-order valence-corrected chi connectivity index (χ3v) is 6.87. The van der Waals surface area contributed by atoms with Crippen molar-refractivity contribution in [2.45, 2.75) is 19.1 Å². The van der Waals surface area contributed by atoms with Gasteiger partial charge < -0.3 is 19.6 Å². The third kappa shape index (κ3) is 7.20. The molecule has 2 heterocycles. The minimum Gasteiger partial charge on any atom is -0.491 e. The lowest BCUT2D eigenvalue weighted by atomic mass is 10.1. The number of aromatic nitrogens is 1. The summed E-state index contributed by atoms with van der Waals surface area (Å²) in [6, 6.07) is 21.2. The van der Waals surface area contributed by atoms with Crippen molar-refractivity contribution >= 4 is 17.0 Å². The number of hydrogen-bond acceptors (Lipinski definition) is 7. The van der Waals surface area contributed by atoms with Gasteiger partial charge in [-0.05, 0) is 48.9 Å². The van der Waals surface area contributed by atoms with Gasteiger partial charge in [0.2, 0.25) is 11.8 Å². The summed E-state index contributed by atoms with van der Waals surface area (Å²) >= 11 is 0. The zero-order valence-corrected chi connectivity index (χ0v) is 21.9. The summed E-state index contributed by atoms with van der Waals surface area (Å²) < 4.78 is 24.8. The molecule has 0 aliphatic carbocycles. The van der Waals surface area contributed by atoms with Crippen molar-refractivity contribution in [1.82, 2.24) is 20.1 Å². The van der Waals surface area contributed by atoms with E-state index in [1.165, 1.54) is 12.1 Å². The van der Waals surface area contributed by atoms with Crippen LogP contribution in [-0.4, -0.2) is 77.8 Å². The second-order valence-electron chi connectivity index (χ2n) is 9.90. The number of benzene rings is 3. The molecule has 1 aliphatic heterocycles. The van der Waals surface area contributed by atoms with Crippen LogP contribution >= 0.6 is 0 Å². The van der Waals surface area contributed by atoms with Gasteiger partial charge in [0.25, 0.3) is 0 Å². The predicted octanol–water partition coefficient (Wildman–Crippen LogP) is 3.87. The normalized spacial score (nSPS) is 16.2. The van der Waals surface area contributed by atoms with Gasteiger partial charge in [-0.1, -0.05) is 30.3 Å². The molecule has 2 unspecified atom stereocenters. The topological polar surface area (TPSA) is 91.1 Å². The fourth-order valence-corrected chi connectivity index (χ4v) is 4.70. The molecule has 5 rings (SSSR count). The molecule has 1 saturated heterocycles. The van der Waals surface area contributed by atoms with Crippen molar-refractivity contribution in [3.05, 3.63) is 84.2 Å². The van der Waals surface area contributed by atoms with E-state index in [9.17, 15) is 14.3 Å². The summed E-state index contributed by atoms with van der Waals surface area (Å²) in [7, 11) is 0. The number of nitrogens with zero attached hydrogens (tertiary/aromatic N) is 3. The molecule has 8 nitrogen and oxygen atoms in total. The van der Waals surface area contributed by atoms with Crippen molar-refractivity contribution in [3.63, 3.8) is 0 Å². The molecule has 39 heavy (non-hydrogen) atoms. The Kier molecular flexibility index (Phi) is 8.51. The van der Waals surface area contributed by atoms with Crippen LogP contribution in [0.1, 0.15) is 18.5 Å². The summed E-state index contributed by atoms with van der Waals surface area (Å²) in [6.07, 6.45) is -0.649.